The van der Waals surface area contributed by atoms with Crippen LogP contribution in [0.3, 0.4) is 0 Å². The van der Waals surface area contributed by atoms with Gasteiger partial charge in [-0.1, -0.05) is 0 Å². The lowest BCUT2D eigenvalue weighted by molar-refractivity contribution is 0.0236. The zero-order valence-corrected chi connectivity index (χ0v) is 11.6. The second kappa shape index (κ2) is 5.72. The van der Waals surface area contributed by atoms with Crippen molar-refractivity contribution in [1.82, 2.24) is 4.72 Å². The van der Waals surface area contributed by atoms with Crippen LogP contribution >= 0.6 is 0 Å². The van der Waals surface area contributed by atoms with Crippen molar-refractivity contribution >= 4 is 10.0 Å². The van der Waals surface area contributed by atoms with E-state index in [9.17, 15) is 17.2 Å². The third kappa shape index (κ3) is 2.83. The fourth-order valence-electron chi connectivity index (χ4n) is 2.07. The number of aliphatic hydroxyl groups excluding tert-OH is 1. The Hall–Kier alpha value is -1.09. The molecular weight excluding hydrogens is 292 g/mol. The van der Waals surface area contributed by atoms with Crippen molar-refractivity contribution in [3.05, 3.63) is 29.3 Å². The average Bonchev–Trinajstić information content (AvgIpc) is 2.33. The molecule has 1 aromatic rings. The minimum Gasteiger partial charge on any atom is -0.391 e. The normalized spacial score (nSPS) is 22.6. The molecule has 2 rings (SSSR count). The number of aliphatic hydroxyl groups is 1. The molecule has 0 saturated heterocycles. The molecule has 0 aliphatic heterocycles. The SMILES string of the molecule is COC1CC(NS(=O)(=O)c2ccc(F)c(CO)c2F)C1. The molecule has 2 N–H and O–H groups in total. The Morgan fingerprint density at radius 2 is 2.05 bits per heavy atom. The quantitative estimate of drug-likeness (QED) is 0.848. The topological polar surface area (TPSA) is 75.6 Å². The number of nitrogens with one attached hydrogen (secondary N) is 1. The highest BCUT2D eigenvalue weighted by Gasteiger charge is 2.34. The number of hydrogen-bond acceptors (Lipinski definition) is 4. The van der Waals surface area contributed by atoms with Gasteiger partial charge in [0, 0.05) is 13.2 Å². The van der Waals surface area contributed by atoms with Crippen LogP contribution in [0.15, 0.2) is 17.0 Å². The van der Waals surface area contributed by atoms with Crippen molar-refractivity contribution in [1.29, 1.82) is 0 Å². The number of benzene rings is 1. The third-order valence-corrected chi connectivity index (χ3v) is 4.89. The molecule has 0 aromatic heterocycles. The first-order valence-corrected chi connectivity index (χ1v) is 7.50. The van der Waals surface area contributed by atoms with E-state index in [0.29, 0.717) is 12.8 Å². The molecule has 1 aromatic carbocycles. The maximum Gasteiger partial charge on any atom is 0.243 e. The van der Waals surface area contributed by atoms with Crippen LogP contribution in [-0.2, 0) is 21.4 Å². The van der Waals surface area contributed by atoms with Gasteiger partial charge < -0.3 is 9.84 Å². The monoisotopic (exact) mass is 307 g/mol. The van der Waals surface area contributed by atoms with E-state index < -0.39 is 38.7 Å². The van der Waals surface area contributed by atoms with Crippen molar-refractivity contribution in [2.24, 2.45) is 0 Å². The summed E-state index contributed by atoms with van der Waals surface area (Å²) in [6, 6.07) is 1.34. The van der Waals surface area contributed by atoms with E-state index in [-0.39, 0.29) is 12.1 Å². The standard InChI is InChI=1S/C12H15F2NO4S/c1-19-8-4-7(5-8)15-20(17,18)11-3-2-10(13)9(6-16)12(11)14/h2-3,7-8,15-16H,4-6H2,1H3. The largest absolute Gasteiger partial charge is 0.391 e. The minimum atomic E-state index is -4.09. The van der Waals surface area contributed by atoms with Crippen LogP contribution in [-0.4, -0.2) is 32.8 Å². The summed E-state index contributed by atoms with van der Waals surface area (Å²) >= 11 is 0. The van der Waals surface area contributed by atoms with Crippen LogP contribution in [0.25, 0.3) is 0 Å². The van der Waals surface area contributed by atoms with E-state index in [0.717, 1.165) is 12.1 Å². The Labute approximate surface area is 115 Å². The Kier molecular flexibility index (Phi) is 4.38. The highest BCUT2D eigenvalue weighted by Crippen LogP contribution is 2.26. The van der Waals surface area contributed by atoms with Gasteiger partial charge in [-0.2, -0.15) is 0 Å². The Balaban J connectivity index is 2.22. The van der Waals surface area contributed by atoms with E-state index in [2.05, 4.69) is 4.72 Å². The smallest absolute Gasteiger partial charge is 0.243 e. The number of methoxy groups -OCH3 is 1. The maximum atomic E-state index is 13.9. The molecule has 0 unspecified atom stereocenters. The van der Waals surface area contributed by atoms with E-state index in [4.69, 9.17) is 9.84 Å². The van der Waals surface area contributed by atoms with Crippen LogP contribution < -0.4 is 4.72 Å². The molecule has 1 aliphatic rings. The number of rotatable bonds is 5. The summed E-state index contributed by atoms with van der Waals surface area (Å²) in [5.41, 5.74) is -0.656. The predicted molar refractivity (Wildman–Crippen MR) is 66.4 cm³/mol. The highest BCUT2D eigenvalue weighted by molar-refractivity contribution is 7.89. The van der Waals surface area contributed by atoms with E-state index in [1.807, 2.05) is 0 Å². The van der Waals surface area contributed by atoms with Gasteiger partial charge in [-0.05, 0) is 25.0 Å². The lowest BCUT2D eigenvalue weighted by Crippen LogP contribution is -2.47. The van der Waals surface area contributed by atoms with Crippen LogP contribution in [0, 0.1) is 11.6 Å². The Morgan fingerprint density at radius 1 is 1.40 bits per heavy atom. The number of sulfonamides is 1. The molecule has 20 heavy (non-hydrogen) atoms. The van der Waals surface area contributed by atoms with Gasteiger partial charge in [0.2, 0.25) is 10.0 Å². The molecule has 0 bridgehead atoms. The lowest BCUT2D eigenvalue weighted by atomic mass is 9.90. The summed E-state index contributed by atoms with van der Waals surface area (Å²) in [4.78, 5) is -0.663. The van der Waals surface area contributed by atoms with Gasteiger partial charge in [0.05, 0.1) is 18.3 Å². The summed E-state index contributed by atoms with van der Waals surface area (Å²) in [5.74, 6) is -2.24. The molecule has 0 atom stereocenters. The van der Waals surface area contributed by atoms with Crippen LogP contribution in [0.5, 0.6) is 0 Å². The summed E-state index contributed by atoms with van der Waals surface area (Å²) in [7, 11) is -2.56. The number of hydrogen-bond donors (Lipinski definition) is 2. The average molecular weight is 307 g/mol. The third-order valence-electron chi connectivity index (χ3n) is 3.35. The van der Waals surface area contributed by atoms with Crippen molar-refractivity contribution in [3.8, 4) is 0 Å². The molecule has 1 fully saturated rings. The molecule has 0 radical (unpaired) electrons. The molecule has 1 aliphatic carbocycles. The van der Waals surface area contributed by atoms with Crippen molar-refractivity contribution in [2.45, 2.75) is 36.5 Å². The first-order chi connectivity index (χ1) is 9.39. The maximum absolute atomic E-state index is 13.9. The molecule has 5 nitrogen and oxygen atoms in total. The number of ether oxygens (including phenoxy) is 1. The summed E-state index contributed by atoms with van der Waals surface area (Å²) in [5, 5.41) is 8.88. The molecule has 1 saturated carbocycles. The van der Waals surface area contributed by atoms with Crippen LogP contribution in [0.1, 0.15) is 18.4 Å². The molecule has 8 heteroatoms. The lowest BCUT2D eigenvalue weighted by Gasteiger charge is -2.34. The Morgan fingerprint density at radius 3 is 2.60 bits per heavy atom. The van der Waals surface area contributed by atoms with Gasteiger partial charge in [-0.3, -0.25) is 0 Å². The molecule has 0 heterocycles. The zero-order valence-electron chi connectivity index (χ0n) is 10.8. The van der Waals surface area contributed by atoms with Gasteiger partial charge in [0.25, 0.3) is 0 Å². The summed E-state index contributed by atoms with van der Waals surface area (Å²) in [6.45, 7) is -0.907. The second-order valence-corrected chi connectivity index (χ2v) is 6.33. The van der Waals surface area contributed by atoms with Crippen LogP contribution in [0.2, 0.25) is 0 Å². The molecule has 0 amide bonds. The predicted octanol–water partition coefficient (Wildman–Crippen LogP) is 0.913. The fourth-order valence-corrected chi connectivity index (χ4v) is 3.43. The summed E-state index contributed by atoms with van der Waals surface area (Å²) in [6.07, 6.45) is 1.00. The van der Waals surface area contributed by atoms with Gasteiger partial charge in [0.15, 0.2) is 5.82 Å². The summed E-state index contributed by atoms with van der Waals surface area (Å²) < 4.78 is 58.5. The first kappa shape index (κ1) is 15.3. The molecular formula is C12H15F2NO4S. The van der Waals surface area contributed by atoms with Gasteiger partial charge in [-0.25, -0.2) is 21.9 Å². The minimum absolute atomic E-state index is 0.00577. The van der Waals surface area contributed by atoms with Crippen molar-refractivity contribution < 1.29 is 27.0 Å². The fraction of sp³-hybridized carbons (Fsp3) is 0.500. The van der Waals surface area contributed by atoms with Gasteiger partial charge >= 0.3 is 0 Å². The Bertz CT molecular complexity index is 600. The van der Waals surface area contributed by atoms with Crippen LogP contribution in [0.4, 0.5) is 8.78 Å². The molecule has 112 valence electrons. The van der Waals surface area contributed by atoms with Gasteiger partial charge in [0.1, 0.15) is 10.7 Å². The first-order valence-electron chi connectivity index (χ1n) is 6.02. The number of halogens is 2. The zero-order chi connectivity index (χ0) is 14.9. The van der Waals surface area contributed by atoms with Crippen molar-refractivity contribution in [3.63, 3.8) is 0 Å². The van der Waals surface area contributed by atoms with E-state index in [1.54, 1.807) is 0 Å². The second-order valence-electron chi connectivity index (χ2n) is 4.64. The van der Waals surface area contributed by atoms with E-state index in [1.165, 1.54) is 7.11 Å². The van der Waals surface area contributed by atoms with Crippen molar-refractivity contribution in [2.75, 3.05) is 7.11 Å². The van der Waals surface area contributed by atoms with E-state index >= 15 is 0 Å². The van der Waals surface area contributed by atoms with Gasteiger partial charge in [-0.15, -0.1) is 0 Å². The highest BCUT2D eigenvalue weighted by atomic mass is 32.2. The molecule has 0 spiro atoms.